The third-order valence-electron chi connectivity index (χ3n) is 4.20. The smallest absolute Gasteiger partial charge is 0.123 e. The first-order chi connectivity index (χ1) is 9.33. The van der Waals surface area contributed by atoms with Crippen LogP contribution in [-0.2, 0) is 6.54 Å². The van der Waals surface area contributed by atoms with Gasteiger partial charge in [-0.05, 0) is 51.3 Å². The zero-order chi connectivity index (χ0) is 13.5. The molecule has 0 heterocycles. The number of hydrogen-bond donors (Lipinski definition) is 2. The highest BCUT2D eigenvalue weighted by Gasteiger charge is 2.19. The van der Waals surface area contributed by atoms with E-state index in [1.807, 2.05) is 12.1 Å². The maximum absolute atomic E-state index is 5.37. The van der Waals surface area contributed by atoms with Crippen molar-refractivity contribution in [1.29, 1.82) is 0 Å². The van der Waals surface area contributed by atoms with Crippen molar-refractivity contribution in [3.63, 3.8) is 0 Å². The van der Waals surface area contributed by atoms with Gasteiger partial charge in [-0.2, -0.15) is 0 Å². The summed E-state index contributed by atoms with van der Waals surface area (Å²) in [7, 11) is 3.81. The summed E-state index contributed by atoms with van der Waals surface area (Å²) < 4.78 is 5.37. The minimum absolute atomic E-state index is 0.741. The number of nitrogens with one attached hydrogen (secondary N) is 2. The van der Waals surface area contributed by atoms with Gasteiger partial charge < -0.3 is 15.4 Å². The minimum Gasteiger partial charge on any atom is -0.496 e. The number of rotatable bonds is 6. The fourth-order valence-corrected chi connectivity index (χ4v) is 2.92. The molecule has 0 bridgehead atoms. The fraction of sp³-hybridized carbons (Fsp3) is 0.625. The van der Waals surface area contributed by atoms with Crippen LogP contribution in [0.2, 0.25) is 0 Å². The Balaban J connectivity index is 1.72. The molecule has 3 heteroatoms. The van der Waals surface area contributed by atoms with E-state index in [4.69, 9.17) is 4.74 Å². The van der Waals surface area contributed by atoms with Crippen molar-refractivity contribution in [1.82, 2.24) is 10.6 Å². The Morgan fingerprint density at radius 1 is 1.16 bits per heavy atom. The topological polar surface area (TPSA) is 33.3 Å². The summed E-state index contributed by atoms with van der Waals surface area (Å²) in [5.41, 5.74) is 1.24. The third kappa shape index (κ3) is 4.22. The van der Waals surface area contributed by atoms with Crippen LogP contribution in [-0.4, -0.2) is 26.7 Å². The Kier molecular flexibility index (Phi) is 5.67. The molecule has 106 valence electrons. The van der Waals surface area contributed by atoms with Gasteiger partial charge in [-0.3, -0.25) is 0 Å². The number of hydrogen-bond acceptors (Lipinski definition) is 3. The monoisotopic (exact) mass is 262 g/mol. The van der Waals surface area contributed by atoms with Gasteiger partial charge in [-0.25, -0.2) is 0 Å². The molecular weight excluding hydrogens is 236 g/mol. The standard InChI is InChI=1S/C16H26N2O/c1-17-15-9-7-13(8-10-15)11-18-12-14-5-3-4-6-16(14)19-2/h3-6,13,15,17-18H,7-12H2,1-2H3. The number of methoxy groups -OCH3 is 1. The predicted octanol–water partition coefficient (Wildman–Crippen LogP) is 2.56. The average molecular weight is 262 g/mol. The van der Waals surface area contributed by atoms with Crippen molar-refractivity contribution < 1.29 is 4.74 Å². The van der Waals surface area contributed by atoms with Crippen LogP contribution in [0.5, 0.6) is 5.75 Å². The van der Waals surface area contributed by atoms with Gasteiger partial charge in [0.15, 0.2) is 0 Å². The molecule has 1 aliphatic rings. The highest BCUT2D eigenvalue weighted by Crippen LogP contribution is 2.24. The highest BCUT2D eigenvalue weighted by atomic mass is 16.5. The number of para-hydroxylation sites is 1. The summed E-state index contributed by atoms with van der Waals surface area (Å²) in [6.45, 7) is 2.02. The molecule has 1 aromatic rings. The van der Waals surface area contributed by atoms with Crippen LogP contribution in [0.4, 0.5) is 0 Å². The van der Waals surface area contributed by atoms with Crippen molar-refractivity contribution in [3.05, 3.63) is 29.8 Å². The van der Waals surface area contributed by atoms with Gasteiger partial charge in [-0.15, -0.1) is 0 Å². The van der Waals surface area contributed by atoms with Gasteiger partial charge in [-0.1, -0.05) is 18.2 Å². The molecule has 2 rings (SSSR count). The van der Waals surface area contributed by atoms with Crippen LogP contribution in [0.15, 0.2) is 24.3 Å². The summed E-state index contributed by atoms with van der Waals surface area (Å²) in [5, 5.41) is 6.96. The predicted molar refractivity (Wildman–Crippen MR) is 79.5 cm³/mol. The average Bonchev–Trinajstić information content (AvgIpc) is 2.48. The Morgan fingerprint density at radius 2 is 1.89 bits per heavy atom. The number of benzene rings is 1. The van der Waals surface area contributed by atoms with Gasteiger partial charge in [0.1, 0.15) is 5.75 Å². The molecule has 0 spiro atoms. The summed E-state index contributed by atoms with van der Waals surface area (Å²) in [6.07, 6.45) is 5.31. The first-order valence-electron chi connectivity index (χ1n) is 7.33. The zero-order valence-electron chi connectivity index (χ0n) is 12.1. The molecule has 0 saturated heterocycles. The van der Waals surface area contributed by atoms with E-state index in [0.717, 1.165) is 30.8 Å². The second-order valence-corrected chi connectivity index (χ2v) is 5.45. The van der Waals surface area contributed by atoms with Crippen LogP contribution in [0.3, 0.4) is 0 Å². The maximum Gasteiger partial charge on any atom is 0.123 e. The Labute approximate surface area is 116 Å². The normalized spacial score (nSPS) is 23.3. The van der Waals surface area contributed by atoms with Crippen LogP contribution in [0.1, 0.15) is 31.2 Å². The first-order valence-corrected chi connectivity index (χ1v) is 7.33. The van der Waals surface area contributed by atoms with Crippen LogP contribution < -0.4 is 15.4 Å². The number of ether oxygens (including phenoxy) is 1. The molecule has 0 atom stereocenters. The van der Waals surface area contributed by atoms with Crippen LogP contribution in [0.25, 0.3) is 0 Å². The van der Waals surface area contributed by atoms with Crippen molar-refractivity contribution >= 4 is 0 Å². The Bertz CT molecular complexity index is 373. The van der Waals surface area contributed by atoms with E-state index < -0.39 is 0 Å². The maximum atomic E-state index is 5.37. The molecule has 1 saturated carbocycles. The van der Waals surface area contributed by atoms with Crippen molar-refractivity contribution in [2.75, 3.05) is 20.7 Å². The van der Waals surface area contributed by atoms with Gasteiger partial charge in [0.05, 0.1) is 7.11 Å². The van der Waals surface area contributed by atoms with Gasteiger partial charge >= 0.3 is 0 Å². The van der Waals surface area contributed by atoms with Gasteiger partial charge in [0.25, 0.3) is 0 Å². The molecular formula is C16H26N2O. The summed E-state index contributed by atoms with van der Waals surface area (Å²) >= 11 is 0. The summed E-state index contributed by atoms with van der Waals surface area (Å²) in [6, 6.07) is 8.98. The Morgan fingerprint density at radius 3 is 2.58 bits per heavy atom. The molecule has 0 unspecified atom stereocenters. The lowest BCUT2D eigenvalue weighted by molar-refractivity contribution is 0.292. The SMILES string of the molecule is CNC1CCC(CNCc2ccccc2OC)CC1. The molecule has 1 aliphatic carbocycles. The minimum atomic E-state index is 0.741. The first kappa shape index (κ1) is 14.4. The second kappa shape index (κ2) is 7.51. The molecule has 1 fully saturated rings. The quantitative estimate of drug-likeness (QED) is 0.826. The van der Waals surface area contributed by atoms with Crippen molar-refractivity contribution in [3.8, 4) is 5.75 Å². The Hall–Kier alpha value is -1.06. The molecule has 0 aliphatic heterocycles. The van der Waals surface area contributed by atoms with E-state index in [-0.39, 0.29) is 0 Å². The van der Waals surface area contributed by atoms with E-state index in [0.29, 0.717) is 0 Å². The van der Waals surface area contributed by atoms with Crippen molar-refractivity contribution in [2.24, 2.45) is 5.92 Å². The molecule has 1 aromatic carbocycles. The second-order valence-electron chi connectivity index (χ2n) is 5.45. The molecule has 2 N–H and O–H groups in total. The van der Waals surface area contributed by atoms with Crippen LogP contribution >= 0.6 is 0 Å². The lowest BCUT2D eigenvalue weighted by atomic mass is 9.86. The molecule has 19 heavy (non-hydrogen) atoms. The summed E-state index contributed by atoms with van der Waals surface area (Å²) in [4.78, 5) is 0. The van der Waals surface area contributed by atoms with E-state index >= 15 is 0 Å². The molecule has 0 amide bonds. The largest absolute Gasteiger partial charge is 0.496 e. The fourth-order valence-electron chi connectivity index (χ4n) is 2.92. The van der Waals surface area contributed by atoms with E-state index in [1.165, 1.54) is 31.2 Å². The molecule has 3 nitrogen and oxygen atoms in total. The van der Waals surface area contributed by atoms with Gasteiger partial charge in [0, 0.05) is 18.2 Å². The molecule has 0 radical (unpaired) electrons. The van der Waals surface area contributed by atoms with Gasteiger partial charge in [0.2, 0.25) is 0 Å². The van der Waals surface area contributed by atoms with Crippen molar-refractivity contribution in [2.45, 2.75) is 38.3 Å². The third-order valence-corrected chi connectivity index (χ3v) is 4.20. The summed E-state index contributed by atoms with van der Waals surface area (Å²) in [5.74, 6) is 1.81. The van der Waals surface area contributed by atoms with E-state index in [2.05, 4.69) is 29.8 Å². The highest BCUT2D eigenvalue weighted by molar-refractivity contribution is 5.32. The lowest BCUT2D eigenvalue weighted by Gasteiger charge is -2.28. The van der Waals surface area contributed by atoms with E-state index in [1.54, 1.807) is 7.11 Å². The lowest BCUT2D eigenvalue weighted by Crippen LogP contribution is -2.33. The van der Waals surface area contributed by atoms with Crippen LogP contribution in [0, 0.1) is 5.92 Å². The van der Waals surface area contributed by atoms with E-state index in [9.17, 15) is 0 Å². The molecule has 0 aromatic heterocycles. The zero-order valence-corrected chi connectivity index (χ0v) is 12.1.